The predicted molar refractivity (Wildman–Crippen MR) is 68.3 cm³/mol. The van der Waals surface area contributed by atoms with E-state index in [2.05, 4.69) is 13.8 Å². The molecule has 0 aromatic rings. The van der Waals surface area contributed by atoms with Gasteiger partial charge in [0, 0.05) is 0 Å². The molecule has 2 fully saturated rings. The minimum absolute atomic E-state index is 0.00181. The van der Waals surface area contributed by atoms with Gasteiger partial charge >= 0.3 is 0 Å². The summed E-state index contributed by atoms with van der Waals surface area (Å²) in [5.74, 6) is 2.78. The Bertz CT molecular complexity index is 207. The van der Waals surface area contributed by atoms with E-state index in [1.807, 2.05) is 0 Å². The Morgan fingerprint density at radius 3 is 2.31 bits per heavy atom. The van der Waals surface area contributed by atoms with Crippen LogP contribution in [0.15, 0.2) is 0 Å². The van der Waals surface area contributed by atoms with Crippen LogP contribution in [0.5, 0.6) is 0 Å². The molecule has 1 heteroatoms. The second-order valence-electron chi connectivity index (χ2n) is 6.45. The third-order valence-corrected chi connectivity index (χ3v) is 5.09. The molecule has 0 aromatic heterocycles. The summed E-state index contributed by atoms with van der Waals surface area (Å²) in [5.41, 5.74) is 0. The van der Waals surface area contributed by atoms with Gasteiger partial charge in [0.05, 0.1) is 6.10 Å². The van der Waals surface area contributed by atoms with Gasteiger partial charge in [-0.3, -0.25) is 0 Å². The average Bonchev–Trinajstić information content (AvgIpc) is 2.32. The van der Waals surface area contributed by atoms with E-state index >= 15 is 0 Å². The second-order valence-corrected chi connectivity index (χ2v) is 6.45. The monoisotopic (exact) mass is 224 g/mol. The molecule has 0 spiro atoms. The molecule has 0 amide bonds. The third-order valence-electron chi connectivity index (χ3n) is 5.09. The maximum atomic E-state index is 10.6. The summed E-state index contributed by atoms with van der Waals surface area (Å²) in [7, 11) is 0. The molecule has 4 atom stereocenters. The first kappa shape index (κ1) is 12.4. The molecule has 0 bridgehead atoms. The lowest BCUT2D eigenvalue weighted by Gasteiger charge is -2.40. The molecule has 0 aromatic carbocycles. The van der Waals surface area contributed by atoms with Gasteiger partial charge < -0.3 is 5.11 Å². The van der Waals surface area contributed by atoms with Crippen LogP contribution in [-0.2, 0) is 0 Å². The van der Waals surface area contributed by atoms with Crippen molar-refractivity contribution >= 4 is 0 Å². The van der Waals surface area contributed by atoms with Crippen LogP contribution in [0.2, 0.25) is 0 Å². The summed E-state index contributed by atoms with van der Waals surface area (Å²) in [4.78, 5) is 0. The van der Waals surface area contributed by atoms with Crippen LogP contribution in [0.3, 0.4) is 0 Å². The molecular weight excluding hydrogens is 196 g/mol. The van der Waals surface area contributed by atoms with Crippen molar-refractivity contribution in [1.29, 1.82) is 0 Å². The quantitative estimate of drug-likeness (QED) is 0.751. The highest BCUT2D eigenvalue weighted by Crippen LogP contribution is 2.40. The highest BCUT2D eigenvalue weighted by Gasteiger charge is 2.35. The summed E-state index contributed by atoms with van der Waals surface area (Å²) < 4.78 is 0. The molecule has 2 aliphatic rings. The van der Waals surface area contributed by atoms with Crippen molar-refractivity contribution in [2.24, 2.45) is 23.7 Å². The lowest BCUT2D eigenvalue weighted by atomic mass is 9.68. The number of aliphatic hydroxyl groups is 1. The molecule has 0 radical (unpaired) electrons. The molecule has 0 aliphatic heterocycles. The molecule has 4 unspecified atom stereocenters. The van der Waals surface area contributed by atoms with E-state index in [1.54, 1.807) is 0 Å². The van der Waals surface area contributed by atoms with Crippen molar-refractivity contribution in [3.63, 3.8) is 0 Å². The van der Waals surface area contributed by atoms with Crippen molar-refractivity contribution in [2.45, 2.75) is 71.3 Å². The van der Waals surface area contributed by atoms with Crippen LogP contribution in [0, 0.1) is 23.7 Å². The van der Waals surface area contributed by atoms with Gasteiger partial charge in [-0.1, -0.05) is 46.0 Å². The molecule has 2 saturated carbocycles. The Balaban J connectivity index is 1.93. The first-order chi connectivity index (χ1) is 7.68. The highest BCUT2D eigenvalue weighted by atomic mass is 16.3. The molecule has 2 rings (SSSR count). The molecule has 2 aliphatic carbocycles. The largest absolute Gasteiger partial charge is 0.393 e. The molecule has 16 heavy (non-hydrogen) atoms. The minimum Gasteiger partial charge on any atom is -0.393 e. The fourth-order valence-corrected chi connectivity index (χ4v) is 3.88. The summed E-state index contributed by atoms with van der Waals surface area (Å²) >= 11 is 0. The number of aliphatic hydroxyl groups excluding tert-OH is 1. The molecular formula is C15H28O. The second kappa shape index (κ2) is 5.53. The van der Waals surface area contributed by atoms with E-state index in [-0.39, 0.29) is 6.10 Å². The Hall–Kier alpha value is -0.0400. The van der Waals surface area contributed by atoms with Crippen LogP contribution < -0.4 is 0 Å². The maximum Gasteiger partial charge on any atom is 0.0599 e. The average molecular weight is 224 g/mol. The van der Waals surface area contributed by atoms with Gasteiger partial charge in [0.2, 0.25) is 0 Å². The van der Waals surface area contributed by atoms with Gasteiger partial charge in [-0.25, -0.2) is 0 Å². The predicted octanol–water partition coefficient (Wildman–Crippen LogP) is 4.00. The highest BCUT2D eigenvalue weighted by molar-refractivity contribution is 4.85. The van der Waals surface area contributed by atoms with E-state index in [0.29, 0.717) is 11.8 Å². The summed E-state index contributed by atoms with van der Waals surface area (Å²) in [6.45, 7) is 4.70. The van der Waals surface area contributed by atoms with E-state index in [0.717, 1.165) is 11.8 Å². The topological polar surface area (TPSA) is 20.2 Å². The van der Waals surface area contributed by atoms with Crippen LogP contribution >= 0.6 is 0 Å². The van der Waals surface area contributed by atoms with E-state index in [4.69, 9.17) is 0 Å². The summed E-state index contributed by atoms with van der Waals surface area (Å²) in [6, 6.07) is 0. The Morgan fingerprint density at radius 2 is 1.62 bits per heavy atom. The van der Waals surface area contributed by atoms with E-state index in [1.165, 1.54) is 51.4 Å². The Morgan fingerprint density at radius 1 is 0.938 bits per heavy atom. The van der Waals surface area contributed by atoms with Crippen molar-refractivity contribution in [3.8, 4) is 0 Å². The zero-order valence-electron chi connectivity index (χ0n) is 11.0. The third kappa shape index (κ3) is 2.80. The lowest BCUT2D eigenvalue weighted by Crippen LogP contribution is -2.37. The van der Waals surface area contributed by atoms with Crippen LogP contribution in [0.25, 0.3) is 0 Å². The van der Waals surface area contributed by atoms with E-state index in [9.17, 15) is 5.11 Å². The standard InChI is InChI=1S/C15H28O/c1-11-8-9-12(2)14(10-11)15(16)13-6-4-3-5-7-13/h11-16H,3-10H2,1-2H3. The molecule has 1 N–H and O–H groups in total. The maximum absolute atomic E-state index is 10.6. The minimum atomic E-state index is -0.00181. The van der Waals surface area contributed by atoms with Crippen molar-refractivity contribution in [2.75, 3.05) is 0 Å². The SMILES string of the molecule is CC1CCC(C)C(C(O)C2CCCCC2)C1. The number of rotatable bonds is 2. The van der Waals surface area contributed by atoms with Gasteiger partial charge in [-0.2, -0.15) is 0 Å². The van der Waals surface area contributed by atoms with Crippen molar-refractivity contribution < 1.29 is 5.11 Å². The summed E-state index contributed by atoms with van der Waals surface area (Å²) in [5, 5.41) is 10.6. The van der Waals surface area contributed by atoms with Crippen LogP contribution in [0.1, 0.15) is 65.2 Å². The van der Waals surface area contributed by atoms with Gasteiger partial charge in [0.25, 0.3) is 0 Å². The van der Waals surface area contributed by atoms with E-state index < -0.39 is 0 Å². The normalized spacial score (nSPS) is 39.6. The Labute approximate surface area is 101 Å². The summed E-state index contributed by atoms with van der Waals surface area (Å²) in [6.07, 6.45) is 10.6. The fraction of sp³-hybridized carbons (Fsp3) is 1.00. The molecule has 1 nitrogen and oxygen atoms in total. The first-order valence-corrected chi connectivity index (χ1v) is 7.36. The van der Waals surface area contributed by atoms with Gasteiger partial charge in [0.15, 0.2) is 0 Å². The van der Waals surface area contributed by atoms with Gasteiger partial charge in [0.1, 0.15) is 0 Å². The van der Waals surface area contributed by atoms with Crippen LogP contribution in [0.4, 0.5) is 0 Å². The number of hydrogen-bond acceptors (Lipinski definition) is 1. The van der Waals surface area contributed by atoms with Gasteiger partial charge in [-0.15, -0.1) is 0 Å². The molecule has 94 valence electrons. The lowest BCUT2D eigenvalue weighted by molar-refractivity contribution is -0.0126. The number of hydrogen-bond donors (Lipinski definition) is 1. The van der Waals surface area contributed by atoms with Crippen molar-refractivity contribution in [1.82, 2.24) is 0 Å². The van der Waals surface area contributed by atoms with Crippen molar-refractivity contribution in [3.05, 3.63) is 0 Å². The smallest absolute Gasteiger partial charge is 0.0599 e. The zero-order chi connectivity index (χ0) is 11.5. The molecule has 0 saturated heterocycles. The zero-order valence-corrected chi connectivity index (χ0v) is 11.0. The van der Waals surface area contributed by atoms with Crippen LogP contribution in [-0.4, -0.2) is 11.2 Å². The fourth-order valence-electron chi connectivity index (χ4n) is 3.88. The first-order valence-electron chi connectivity index (χ1n) is 7.36. The molecule has 0 heterocycles. The Kier molecular flexibility index (Phi) is 4.29. The van der Waals surface area contributed by atoms with Gasteiger partial charge in [-0.05, 0) is 42.9 Å².